The van der Waals surface area contributed by atoms with Gasteiger partial charge in [-0.05, 0) is 50.8 Å². The Morgan fingerprint density at radius 2 is 2.07 bits per heavy atom. The average molecular weight is 424 g/mol. The largest absolute Gasteiger partial charge is 0.615 e. The fraction of sp³-hybridized carbons (Fsp3) is 0.600. The van der Waals surface area contributed by atoms with Gasteiger partial charge in [0.2, 0.25) is 0 Å². The minimum absolute atomic E-state index is 0.0610. The molecular weight excluding hydrogens is 394 g/mol. The molecule has 0 radical (unpaired) electrons. The van der Waals surface area contributed by atoms with Crippen molar-refractivity contribution < 1.29 is 23.0 Å². The van der Waals surface area contributed by atoms with Crippen molar-refractivity contribution in [2.24, 2.45) is 5.92 Å². The molecule has 1 aromatic carbocycles. The zero-order valence-electron chi connectivity index (χ0n) is 17.2. The summed E-state index contributed by atoms with van der Waals surface area (Å²) in [4.78, 5) is 13.7. The predicted octanol–water partition coefficient (Wildman–Crippen LogP) is 2.93. The fourth-order valence-electron chi connectivity index (χ4n) is 3.36. The van der Waals surface area contributed by atoms with Crippen LogP contribution in [-0.4, -0.2) is 63.1 Å². The number of fused-ring (bicyclic) bond motifs is 1. The molecule has 0 N–H and O–H groups in total. The molecule has 1 fully saturated rings. The van der Waals surface area contributed by atoms with Crippen LogP contribution in [-0.2, 0) is 25.7 Å². The summed E-state index contributed by atoms with van der Waals surface area (Å²) in [5.74, 6) is 1.22. The lowest BCUT2D eigenvalue weighted by Crippen LogP contribution is -2.40. The number of ether oxygens (including phenoxy) is 2. The summed E-state index contributed by atoms with van der Waals surface area (Å²) < 4.78 is 35.7. The van der Waals surface area contributed by atoms with E-state index in [1.807, 2.05) is 32.0 Å². The first-order valence-electron chi connectivity index (χ1n) is 9.93. The second-order valence-corrected chi connectivity index (χ2v) is 10.2. The van der Waals surface area contributed by atoms with Crippen LogP contribution in [0.4, 0.5) is 4.79 Å². The molecule has 160 valence electrons. The van der Waals surface area contributed by atoms with Gasteiger partial charge in [-0.1, -0.05) is 0 Å². The number of aromatic nitrogens is 2. The van der Waals surface area contributed by atoms with Gasteiger partial charge in [0.15, 0.2) is 0 Å². The van der Waals surface area contributed by atoms with Crippen LogP contribution in [0.2, 0.25) is 0 Å². The number of amides is 1. The van der Waals surface area contributed by atoms with Crippen molar-refractivity contribution in [3.05, 3.63) is 24.4 Å². The Morgan fingerprint density at radius 3 is 2.72 bits per heavy atom. The molecule has 8 nitrogen and oxygen atoms in total. The first-order valence-corrected chi connectivity index (χ1v) is 12.0. The molecule has 1 atom stereocenters. The molecule has 0 spiro atoms. The molecule has 29 heavy (non-hydrogen) atoms. The SMILES string of the molecule is CC(C)OC(=O)N1CCC(COc2ccc3c(cnn3CC[S+](C)(=O)[O-])c2)CC1. The van der Waals surface area contributed by atoms with E-state index in [4.69, 9.17) is 9.47 Å². The molecule has 2 aromatic rings. The smallest absolute Gasteiger partial charge is 0.410 e. The van der Waals surface area contributed by atoms with Crippen molar-refractivity contribution in [2.45, 2.75) is 39.3 Å². The summed E-state index contributed by atoms with van der Waals surface area (Å²) in [7, 11) is -3.03. The van der Waals surface area contributed by atoms with Crippen molar-refractivity contribution in [3.63, 3.8) is 0 Å². The van der Waals surface area contributed by atoms with E-state index in [1.54, 1.807) is 15.8 Å². The van der Waals surface area contributed by atoms with Gasteiger partial charge in [0, 0.05) is 28.7 Å². The zero-order valence-corrected chi connectivity index (χ0v) is 18.0. The van der Waals surface area contributed by atoms with Crippen molar-refractivity contribution in [1.82, 2.24) is 14.7 Å². The summed E-state index contributed by atoms with van der Waals surface area (Å²) in [5.41, 5.74) is 0.887. The Morgan fingerprint density at radius 1 is 1.34 bits per heavy atom. The summed E-state index contributed by atoms with van der Waals surface area (Å²) in [5, 5.41) is 5.20. The molecule has 0 bridgehead atoms. The van der Waals surface area contributed by atoms with Crippen LogP contribution in [0.3, 0.4) is 0 Å². The van der Waals surface area contributed by atoms with Gasteiger partial charge in [-0.3, -0.25) is 4.68 Å². The van der Waals surface area contributed by atoms with Crippen molar-refractivity contribution in [3.8, 4) is 5.75 Å². The third-order valence-corrected chi connectivity index (χ3v) is 5.91. The molecule has 3 rings (SSSR count). The van der Waals surface area contributed by atoms with Gasteiger partial charge in [0.1, 0.15) is 11.5 Å². The number of hydrogen-bond acceptors (Lipinski definition) is 6. The fourth-order valence-corrected chi connectivity index (χ4v) is 3.86. The number of rotatable bonds is 7. The number of carbonyl (C=O) groups excluding carboxylic acids is 1. The predicted molar refractivity (Wildman–Crippen MR) is 111 cm³/mol. The number of benzene rings is 1. The number of sulfone groups is 1. The monoisotopic (exact) mass is 423 g/mol. The number of hydrogen-bond donors (Lipinski definition) is 0. The molecular formula is C20H29N3O5S. The van der Waals surface area contributed by atoms with Gasteiger partial charge in [-0.25, -0.2) is 4.79 Å². The van der Waals surface area contributed by atoms with E-state index < -0.39 is 10.2 Å². The van der Waals surface area contributed by atoms with Gasteiger partial charge in [0.25, 0.3) is 0 Å². The highest BCUT2D eigenvalue weighted by Crippen LogP contribution is 2.24. The summed E-state index contributed by atoms with van der Waals surface area (Å²) in [6.07, 6.45) is 4.38. The number of piperidine rings is 1. The lowest BCUT2D eigenvalue weighted by Gasteiger charge is -2.31. The van der Waals surface area contributed by atoms with Crippen LogP contribution in [0.5, 0.6) is 5.75 Å². The Hall–Kier alpha value is -2.13. The van der Waals surface area contributed by atoms with Gasteiger partial charge in [0.05, 0.1) is 37.2 Å². The Labute approximate surface area is 172 Å². The second kappa shape index (κ2) is 9.13. The van der Waals surface area contributed by atoms with E-state index >= 15 is 0 Å². The summed E-state index contributed by atoms with van der Waals surface area (Å²) in [6, 6.07) is 5.72. The molecule has 1 aliphatic heterocycles. The topological polar surface area (TPSA) is 96.7 Å². The Bertz CT molecular complexity index is 883. The molecule has 1 saturated heterocycles. The first kappa shape index (κ1) is 21.6. The van der Waals surface area contributed by atoms with Crippen LogP contribution in [0, 0.1) is 5.92 Å². The first-order chi connectivity index (χ1) is 13.7. The molecule has 1 amide bonds. The van der Waals surface area contributed by atoms with Gasteiger partial charge in [-0.2, -0.15) is 5.10 Å². The second-order valence-electron chi connectivity index (χ2n) is 7.89. The quantitative estimate of drug-likeness (QED) is 0.635. The van der Waals surface area contributed by atoms with Gasteiger partial charge >= 0.3 is 6.09 Å². The molecule has 2 heterocycles. The minimum atomic E-state index is -3.03. The molecule has 1 unspecified atom stereocenters. The van der Waals surface area contributed by atoms with E-state index in [2.05, 4.69) is 5.10 Å². The van der Waals surface area contributed by atoms with E-state index in [-0.39, 0.29) is 18.0 Å². The molecule has 9 heteroatoms. The van der Waals surface area contributed by atoms with Crippen LogP contribution in [0.1, 0.15) is 26.7 Å². The lowest BCUT2D eigenvalue weighted by molar-refractivity contribution is 0.0608. The number of carbonyl (C=O) groups is 1. The third kappa shape index (κ3) is 6.17. The maximum atomic E-state index is 12.0. The van der Waals surface area contributed by atoms with E-state index in [0.717, 1.165) is 29.5 Å². The lowest BCUT2D eigenvalue weighted by atomic mass is 9.98. The van der Waals surface area contributed by atoms with Gasteiger partial charge in [-0.15, -0.1) is 4.21 Å². The number of nitrogens with zero attached hydrogens (tertiary/aromatic N) is 3. The van der Waals surface area contributed by atoms with E-state index in [1.165, 1.54) is 6.26 Å². The molecule has 1 aromatic heterocycles. The zero-order chi connectivity index (χ0) is 21.0. The Balaban J connectivity index is 1.50. The van der Waals surface area contributed by atoms with Crippen LogP contribution in [0.15, 0.2) is 24.4 Å². The van der Waals surface area contributed by atoms with Crippen molar-refractivity contribution in [1.29, 1.82) is 0 Å². The minimum Gasteiger partial charge on any atom is -0.615 e. The van der Waals surface area contributed by atoms with Crippen LogP contribution in [0.25, 0.3) is 10.9 Å². The van der Waals surface area contributed by atoms with Crippen molar-refractivity contribution in [2.75, 3.05) is 31.7 Å². The standard InChI is InChI=1S/C20H29N3O5S/c1-15(2)28-20(24)22-8-6-16(7-9-22)14-27-18-4-5-19-17(12-18)13-21-23(19)10-11-29(3,25)26/h4-5,12-13,15-16H,6-11,14H2,1-3H3. The highest BCUT2D eigenvalue weighted by Gasteiger charge is 2.24. The molecule has 0 saturated carbocycles. The summed E-state index contributed by atoms with van der Waals surface area (Å²) >= 11 is 0. The van der Waals surface area contributed by atoms with Crippen LogP contribution >= 0.6 is 0 Å². The molecule has 1 aliphatic rings. The highest BCUT2D eigenvalue weighted by molar-refractivity contribution is 7.96. The normalized spacial score (nSPS) is 17.5. The maximum Gasteiger partial charge on any atom is 0.410 e. The summed E-state index contributed by atoms with van der Waals surface area (Å²) in [6.45, 7) is 6.01. The number of aryl methyl sites for hydroxylation is 1. The number of likely N-dealkylation sites (tertiary alicyclic amines) is 1. The maximum absolute atomic E-state index is 12.0. The van der Waals surface area contributed by atoms with Gasteiger partial charge < -0.3 is 18.9 Å². The molecule has 0 aliphatic carbocycles. The van der Waals surface area contributed by atoms with Crippen LogP contribution < -0.4 is 4.74 Å². The third-order valence-electron chi connectivity index (χ3n) is 4.98. The average Bonchev–Trinajstić information content (AvgIpc) is 3.06. The highest BCUT2D eigenvalue weighted by atomic mass is 32.3. The Kier molecular flexibility index (Phi) is 6.79. The van der Waals surface area contributed by atoms with Crippen molar-refractivity contribution >= 4 is 27.2 Å². The van der Waals surface area contributed by atoms with E-state index in [9.17, 15) is 13.6 Å². The van der Waals surface area contributed by atoms with E-state index in [0.29, 0.717) is 32.2 Å².